The van der Waals surface area contributed by atoms with Crippen LogP contribution >= 0.6 is 15.9 Å². The number of anilines is 2. The van der Waals surface area contributed by atoms with E-state index in [4.69, 9.17) is 4.74 Å². The molecule has 3 aromatic rings. The highest BCUT2D eigenvalue weighted by Gasteiger charge is 2.28. The van der Waals surface area contributed by atoms with E-state index in [0.29, 0.717) is 34.4 Å². The Morgan fingerprint density at radius 2 is 2.06 bits per heavy atom. The summed E-state index contributed by atoms with van der Waals surface area (Å²) in [4.78, 5) is 31.3. The topological polar surface area (TPSA) is 71.5 Å². The molecule has 0 aliphatic carbocycles. The van der Waals surface area contributed by atoms with Gasteiger partial charge in [-0.15, -0.1) is 0 Å². The van der Waals surface area contributed by atoms with Crippen molar-refractivity contribution < 1.29 is 18.7 Å². The normalized spacial score (nSPS) is 12.5. The number of hydrogen-bond donors (Lipinski definition) is 1. The van der Waals surface area contributed by atoms with Gasteiger partial charge in [0.05, 0.1) is 11.4 Å². The molecule has 0 bridgehead atoms. The molecule has 1 N–H and O–H groups in total. The molecule has 0 radical (unpaired) electrons. The summed E-state index contributed by atoms with van der Waals surface area (Å²) in [5.41, 5.74) is 2.08. The number of nitrogens with one attached hydrogen (secondary N) is 1. The van der Waals surface area contributed by atoms with Gasteiger partial charge in [-0.05, 0) is 61.4 Å². The lowest BCUT2D eigenvalue weighted by Gasteiger charge is -2.22. The highest BCUT2D eigenvalue weighted by molar-refractivity contribution is 9.10. The first kappa shape index (κ1) is 21.0. The number of aromatic nitrogens is 1. The molecule has 2 heterocycles. The average Bonchev–Trinajstić information content (AvgIpc) is 2.85. The smallest absolute Gasteiger partial charge is 0.263 e. The molecule has 1 aliphatic heterocycles. The Morgan fingerprint density at radius 1 is 1.23 bits per heavy atom. The number of amides is 2. The standard InChI is InChI=1S/C23H19BrFN3O3/c1-14-6-9-20-19(12-14)28(23(30)16-4-2-10-26-22(16)31-20)11-3-5-21(29)27-18-8-7-15(24)13-17(18)25/h2,4,6-10,12-13H,3,5,11H2,1H3,(H,27,29). The third kappa shape index (κ3) is 4.59. The van der Waals surface area contributed by atoms with Gasteiger partial charge in [0.15, 0.2) is 5.75 Å². The van der Waals surface area contributed by atoms with Crippen molar-refractivity contribution >= 4 is 39.1 Å². The molecule has 0 atom stereocenters. The van der Waals surface area contributed by atoms with Gasteiger partial charge in [0.2, 0.25) is 11.8 Å². The van der Waals surface area contributed by atoms with Crippen LogP contribution in [0.5, 0.6) is 11.6 Å². The SMILES string of the molecule is Cc1ccc2c(c1)N(CCCC(=O)Nc1ccc(Br)cc1F)C(=O)c1cccnc1O2. The fraction of sp³-hybridized carbons (Fsp3) is 0.174. The van der Waals surface area contributed by atoms with Gasteiger partial charge in [-0.25, -0.2) is 9.37 Å². The number of pyridine rings is 1. The minimum atomic E-state index is -0.518. The van der Waals surface area contributed by atoms with Gasteiger partial charge in [0, 0.05) is 23.6 Å². The Labute approximate surface area is 187 Å². The summed E-state index contributed by atoms with van der Waals surface area (Å²) in [6, 6.07) is 13.4. The van der Waals surface area contributed by atoms with Crippen LogP contribution in [-0.2, 0) is 4.79 Å². The average molecular weight is 484 g/mol. The molecule has 31 heavy (non-hydrogen) atoms. The molecule has 0 unspecified atom stereocenters. The molecule has 8 heteroatoms. The Morgan fingerprint density at radius 3 is 2.87 bits per heavy atom. The fourth-order valence-electron chi connectivity index (χ4n) is 3.34. The number of rotatable bonds is 5. The van der Waals surface area contributed by atoms with Crippen molar-refractivity contribution in [3.05, 3.63) is 76.1 Å². The molecule has 158 valence electrons. The highest BCUT2D eigenvalue weighted by atomic mass is 79.9. The molecule has 1 aliphatic rings. The molecule has 1 aromatic heterocycles. The number of ether oxygens (including phenoxy) is 1. The second-order valence-corrected chi connectivity index (χ2v) is 8.08. The van der Waals surface area contributed by atoms with Crippen molar-refractivity contribution in [3.63, 3.8) is 0 Å². The fourth-order valence-corrected chi connectivity index (χ4v) is 3.67. The zero-order chi connectivity index (χ0) is 22.0. The number of fused-ring (bicyclic) bond motifs is 2. The van der Waals surface area contributed by atoms with Crippen molar-refractivity contribution in [2.24, 2.45) is 0 Å². The minimum absolute atomic E-state index is 0.119. The molecule has 0 saturated heterocycles. The van der Waals surface area contributed by atoms with Gasteiger partial charge in [0.25, 0.3) is 5.91 Å². The van der Waals surface area contributed by atoms with Crippen molar-refractivity contribution in [1.29, 1.82) is 0 Å². The van der Waals surface area contributed by atoms with Crippen molar-refractivity contribution in [1.82, 2.24) is 4.98 Å². The van der Waals surface area contributed by atoms with Gasteiger partial charge in [-0.3, -0.25) is 9.59 Å². The van der Waals surface area contributed by atoms with E-state index < -0.39 is 5.82 Å². The van der Waals surface area contributed by atoms with Crippen molar-refractivity contribution in [2.75, 3.05) is 16.8 Å². The summed E-state index contributed by atoms with van der Waals surface area (Å²) in [6.07, 6.45) is 2.08. The summed E-state index contributed by atoms with van der Waals surface area (Å²) >= 11 is 3.19. The predicted octanol–water partition coefficient (Wildman–Crippen LogP) is 5.46. The number of hydrogen-bond acceptors (Lipinski definition) is 4. The number of carbonyl (C=O) groups excluding carboxylic acids is 2. The van der Waals surface area contributed by atoms with Crippen LogP contribution in [0.4, 0.5) is 15.8 Å². The second kappa shape index (κ2) is 8.85. The van der Waals surface area contributed by atoms with E-state index in [0.717, 1.165) is 5.56 Å². The quantitative estimate of drug-likeness (QED) is 0.522. The molecular formula is C23H19BrFN3O3. The maximum Gasteiger partial charge on any atom is 0.263 e. The number of aryl methyl sites for hydroxylation is 1. The van der Waals surface area contributed by atoms with E-state index in [9.17, 15) is 14.0 Å². The van der Waals surface area contributed by atoms with E-state index in [1.165, 1.54) is 12.1 Å². The van der Waals surface area contributed by atoms with E-state index in [1.807, 2.05) is 19.1 Å². The summed E-state index contributed by atoms with van der Waals surface area (Å²) < 4.78 is 20.4. The molecule has 0 spiro atoms. The van der Waals surface area contributed by atoms with Crippen molar-refractivity contribution in [2.45, 2.75) is 19.8 Å². The van der Waals surface area contributed by atoms with Crippen molar-refractivity contribution in [3.8, 4) is 11.6 Å². The van der Waals surface area contributed by atoms with Crippen LogP contribution in [0.1, 0.15) is 28.8 Å². The molecule has 2 amide bonds. The van der Waals surface area contributed by atoms with Gasteiger partial charge in [0.1, 0.15) is 11.4 Å². The van der Waals surface area contributed by atoms with E-state index in [2.05, 4.69) is 26.2 Å². The second-order valence-electron chi connectivity index (χ2n) is 7.16. The van der Waals surface area contributed by atoms with Crippen LogP contribution < -0.4 is 15.0 Å². The first-order chi connectivity index (χ1) is 14.9. The number of carbonyl (C=O) groups is 2. The van der Waals surface area contributed by atoms with Gasteiger partial charge in [-0.2, -0.15) is 0 Å². The van der Waals surface area contributed by atoms with Gasteiger partial charge < -0.3 is 15.0 Å². The number of nitrogens with zero attached hydrogens (tertiary/aromatic N) is 2. The molecular weight excluding hydrogens is 465 g/mol. The summed E-state index contributed by atoms with van der Waals surface area (Å²) in [7, 11) is 0. The zero-order valence-electron chi connectivity index (χ0n) is 16.7. The molecule has 4 rings (SSSR count). The molecule has 2 aromatic carbocycles. The maximum atomic E-state index is 13.9. The van der Waals surface area contributed by atoms with Crippen LogP contribution in [0.2, 0.25) is 0 Å². The van der Waals surface area contributed by atoms with Crippen LogP contribution in [0.25, 0.3) is 0 Å². The summed E-state index contributed by atoms with van der Waals surface area (Å²) in [5.74, 6) is -0.310. The van der Waals surface area contributed by atoms with E-state index in [1.54, 1.807) is 35.4 Å². The Kier molecular flexibility index (Phi) is 5.99. The van der Waals surface area contributed by atoms with Crippen LogP contribution in [0.15, 0.2) is 59.2 Å². The summed E-state index contributed by atoms with van der Waals surface area (Å²) in [6.45, 7) is 2.22. The maximum absolute atomic E-state index is 13.9. The first-order valence-electron chi connectivity index (χ1n) is 9.72. The number of benzene rings is 2. The lowest BCUT2D eigenvalue weighted by molar-refractivity contribution is -0.116. The van der Waals surface area contributed by atoms with Gasteiger partial charge in [-0.1, -0.05) is 22.0 Å². The van der Waals surface area contributed by atoms with Gasteiger partial charge >= 0.3 is 0 Å². The Bertz CT molecular complexity index is 1170. The van der Waals surface area contributed by atoms with Crippen LogP contribution in [-0.4, -0.2) is 23.3 Å². The molecule has 6 nitrogen and oxygen atoms in total. The highest BCUT2D eigenvalue weighted by Crippen LogP contribution is 2.38. The lowest BCUT2D eigenvalue weighted by atomic mass is 10.1. The Hall–Kier alpha value is -3.26. The molecule has 0 fully saturated rings. The van der Waals surface area contributed by atoms with E-state index >= 15 is 0 Å². The van der Waals surface area contributed by atoms with Crippen LogP contribution in [0.3, 0.4) is 0 Å². The first-order valence-corrected chi connectivity index (χ1v) is 10.5. The lowest BCUT2D eigenvalue weighted by Crippen LogP contribution is -2.32. The summed E-state index contributed by atoms with van der Waals surface area (Å²) in [5, 5.41) is 2.57. The minimum Gasteiger partial charge on any atom is -0.436 e. The Balaban J connectivity index is 1.50. The third-order valence-corrected chi connectivity index (χ3v) is 5.34. The third-order valence-electron chi connectivity index (χ3n) is 4.85. The van der Waals surface area contributed by atoms with E-state index in [-0.39, 0.29) is 29.8 Å². The number of halogens is 2. The van der Waals surface area contributed by atoms with Crippen LogP contribution in [0, 0.1) is 12.7 Å². The zero-order valence-corrected chi connectivity index (χ0v) is 18.3. The predicted molar refractivity (Wildman–Crippen MR) is 119 cm³/mol. The largest absolute Gasteiger partial charge is 0.436 e. The monoisotopic (exact) mass is 483 g/mol. The molecule has 0 saturated carbocycles.